The number of nitro groups is 1. The van der Waals surface area contributed by atoms with Crippen LogP contribution in [0, 0.1) is 28.4 Å². The lowest BCUT2D eigenvalue weighted by Crippen LogP contribution is -2.33. The summed E-state index contributed by atoms with van der Waals surface area (Å²) in [5, 5.41) is 11.0. The van der Waals surface area contributed by atoms with Crippen molar-refractivity contribution in [3.8, 4) is 12.3 Å². The van der Waals surface area contributed by atoms with Gasteiger partial charge in [0.05, 0.1) is 11.5 Å². The highest BCUT2D eigenvalue weighted by molar-refractivity contribution is 6.31. The fourth-order valence-electron chi connectivity index (χ4n) is 1.93. The number of hydrogen-bond acceptors (Lipinski definition) is 3. The lowest BCUT2D eigenvalue weighted by Gasteiger charge is -2.20. The van der Waals surface area contributed by atoms with Gasteiger partial charge in [0.15, 0.2) is 0 Å². The molecular formula is C14H13ClN2O3. The highest BCUT2D eigenvalue weighted by atomic mass is 35.5. The van der Waals surface area contributed by atoms with E-state index < -0.39 is 4.92 Å². The smallest absolute Gasteiger partial charge is 0.271 e. The number of hydrogen-bond donors (Lipinski definition) is 0. The van der Waals surface area contributed by atoms with Gasteiger partial charge >= 0.3 is 0 Å². The molecule has 1 aliphatic rings. The normalized spacial score (nSPS) is 13.6. The number of amides is 1. The van der Waals surface area contributed by atoms with Crippen molar-refractivity contribution < 1.29 is 9.72 Å². The maximum atomic E-state index is 12.4. The first-order valence-electron chi connectivity index (χ1n) is 6.19. The molecule has 6 heteroatoms. The minimum atomic E-state index is -0.574. The summed E-state index contributed by atoms with van der Waals surface area (Å²) < 4.78 is 0. The van der Waals surface area contributed by atoms with Gasteiger partial charge in [0.2, 0.25) is 0 Å². The first-order chi connectivity index (χ1) is 9.51. The third-order valence-corrected chi connectivity index (χ3v) is 3.30. The van der Waals surface area contributed by atoms with Crippen LogP contribution in [0.5, 0.6) is 0 Å². The average molecular weight is 293 g/mol. The van der Waals surface area contributed by atoms with Crippen molar-refractivity contribution in [2.24, 2.45) is 5.92 Å². The number of halogens is 1. The largest absolute Gasteiger partial charge is 0.327 e. The Morgan fingerprint density at radius 3 is 2.75 bits per heavy atom. The Morgan fingerprint density at radius 2 is 2.20 bits per heavy atom. The minimum absolute atomic E-state index is 0.162. The van der Waals surface area contributed by atoms with Gasteiger partial charge in [-0.2, -0.15) is 0 Å². The fourth-order valence-corrected chi connectivity index (χ4v) is 2.16. The average Bonchev–Trinajstić information content (AvgIpc) is 3.20. The van der Waals surface area contributed by atoms with Gasteiger partial charge < -0.3 is 4.90 Å². The van der Waals surface area contributed by atoms with Crippen LogP contribution in [-0.2, 0) is 0 Å². The van der Waals surface area contributed by atoms with Gasteiger partial charge in [0.25, 0.3) is 11.6 Å². The molecule has 1 saturated carbocycles. The van der Waals surface area contributed by atoms with Gasteiger partial charge in [-0.25, -0.2) is 0 Å². The van der Waals surface area contributed by atoms with Crippen LogP contribution in [0.1, 0.15) is 23.2 Å². The zero-order valence-corrected chi connectivity index (χ0v) is 11.5. The fraction of sp³-hybridized carbons (Fsp3) is 0.357. The molecule has 1 aromatic rings. The summed E-state index contributed by atoms with van der Waals surface area (Å²) in [6.45, 7) is 0.777. The van der Waals surface area contributed by atoms with Gasteiger partial charge in [-0.05, 0) is 24.8 Å². The molecule has 0 atom stereocenters. The number of nitrogens with zero attached hydrogens (tertiary/aromatic N) is 2. The molecule has 1 amide bonds. The van der Waals surface area contributed by atoms with E-state index in [-0.39, 0.29) is 28.7 Å². The molecule has 0 aromatic heterocycles. The van der Waals surface area contributed by atoms with E-state index in [0.29, 0.717) is 12.5 Å². The van der Waals surface area contributed by atoms with Crippen LogP contribution in [0.4, 0.5) is 5.69 Å². The van der Waals surface area contributed by atoms with E-state index in [4.69, 9.17) is 18.0 Å². The number of benzene rings is 1. The van der Waals surface area contributed by atoms with Gasteiger partial charge in [-0.15, -0.1) is 6.42 Å². The van der Waals surface area contributed by atoms with Crippen molar-refractivity contribution >= 4 is 23.2 Å². The summed E-state index contributed by atoms with van der Waals surface area (Å²) in [4.78, 5) is 24.1. The van der Waals surface area contributed by atoms with E-state index in [0.717, 1.165) is 12.8 Å². The Hall–Kier alpha value is -2.06. The highest BCUT2D eigenvalue weighted by Crippen LogP contribution is 2.30. The van der Waals surface area contributed by atoms with E-state index in [2.05, 4.69) is 5.92 Å². The third-order valence-electron chi connectivity index (χ3n) is 3.09. The molecule has 1 aliphatic carbocycles. The van der Waals surface area contributed by atoms with Crippen LogP contribution in [0.25, 0.3) is 0 Å². The first-order valence-corrected chi connectivity index (χ1v) is 6.56. The summed E-state index contributed by atoms with van der Waals surface area (Å²) in [6, 6.07) is 3.86. The lowest BCUT2D eigenvalue weighted by molar-refractivity contribution is -0.384. The molecule has 104 valence electrons. The van der Waals surface area contributed by atoms with Crippen LogP contribution >= 0.6 is 11.6 Å². The van der Waals surface area contributed by atoms with E-state index in [1.54, 1.807) is 0 Å². The van der Waals surface area contributed by atoms with E-state index in [1.165, 1.54) is 23.1 Å². The van der Waals surface area contributed by atoms with Crippen molar-refractivity contribution in [3.05, 3.63) is 38.9 Å². The summed E-state index contributed by atoms with van der Waals surface area (Å²) in [6.07, 6.45) is 7.45. The molecule has 2 rings (SSSR count). The Balaban J connectivity index is 2.25. The standard InChI is InChI=1S/C14H13ClN2O3/c1-2-5-16(9-10-3-4-10)14(18)11-6-12(15)8-13(7-11)17(19)20/h1,6-8,10H,3-5,9H2. The molecule has 0 aliphatic heterocycles. The van der Waals surface area contributed by atoms with Gasteiger partial charge in [0.1, 0.15) is 0 Å². The van der Waals surface area contributed by atoms with Crippen molar-refractivity contribution in [1.29, 1.82) is 0 Å². The second-order valence-corrected chi connectivity index (χ2v) is 5.22. The number of rotatable bonds is 5. The molecule has 1 fully saturated rings. The summed E-state index contributed by atoms with van der Waals surface area (Å²) in [5.41, 5.74) is -0.00645. The monoisotopic (exact) mass is 292 g/mol. The Bertz CT molecular complexity index is 591. The number of non-ortho nitro benzene ring substituents is 1. The molecular weight excluding hydrogens is 280 g/mol. The highest BCUT2D eigenvalue weighted by Gasteiger charge is 2.27. The van der Waals surface area contributed by atoms with Crippen LogP contribution in [0.2, 0.25) is 5.02 Å². The molecule has 5 nitrogen and oxygen atoms in total. The lowest BCUT2D eigenvalue weighted by atomic mass is 10.1. The Morgan fingerprint density at radius 1 is 1.50 bits per heavy atom. The van der Waals surface area contributed by atoms with E-state index in [9.17, 15) is 14.9 Å². The molecule has 0 N–H and O–H groups in total. The van der Waals surface area contributed by atoms with Gasteiger partial charge in [0, 0.05) is 29.3 Å². The Labute approximate surface area is 121 Å². The second kappa shape index (κ2) is 5.93. The maximum Gasteiger partial charge on any atom is 0.271 e. The maximum absolute atomic E-state index is 12.4. The SMILES string of the molecule is C#CCN(CC1CC1)C(=O)c1cc(Cl)cc([N+](=O)[O-])c1. The number of carbonyl (C=O) groups excluding carboxylic acids is 1. The first kappa shape index (κ1) is 14.4. The van der Waals surface area contributed by atoms with E-state index in [1.807, 2.05) is 0 Å². The predicted molar refractivity (Wildman–Crippen MR) is 75.6 cm³/mol. The summed E-state index contributed by atoms with van der Waals surface area (Å²) in [7, 11) is 0. The quantitative estimate of drug-likeness (QED) is 0.476. The predicted octanol–water partition coefficient (Wildman–Crippen LogP) is 2.73. The zero-order valence-electron chi connectivity index (χ0n) is 10.7. The van der Waals surface area contributed by atoms with Crippen molar-refractivity contribution in [1.82, 2.24) is 4.90 Å². The number of nitro benzene ring substituents is 1. The van der Waals surface area contributed by atoms with Crippen LogP contribution in [-0.4, -0.2) is 28.8 Å². The molecule has 0 saturated heterocycles. The number of carbonyl (C=O) groups is 1. The van der Waals surface area contributed by atoms with Crippen LogP contribution < -0.4 is 0 Å². The van der Waals surface area contributed by atoms with Crippen molar-refractivity contribution in [3.63, 3.8) is 0 Å². The van der Waals surface area contributed by atoms with Crippen molar-refractivity contribution in [2.75, 3.05) is 13.1 Å². The van der Waals surface area contributed by atoms with Gasteiger partial charge in [-0.3, -0.25) is 14.9 Å². The summed E-state index contributed by atoms with van der Waals surface area (Å²) in [5.74, 6) is 2.61. The van der Waals surface area contributed by atoms with E-state index >= 15 is 0 Å². The van der Waals surface area contributed by atoms with Crippen molar-refractivity contribution in [2.45, 2.75) is 12.8 Å². The molecule has 1 aromatic carbocycles. The topological polar surface area (TPSA) is 63.5 Å². The zero-order chi connectivity index (χ0) is 14.7. The number of terminal acetylenes is 1. The minimum Gasteiger partial charge on any atom is -0.327 e. The van der Waals surface area contributed by atoms with Crippen LogP contribution in [0.3, 0.4) is 0 Å². The second-order valence-electron chi connectivity index (χ2n) is 4.79. The van der Waals surface area contributed by atoms with Gasteiger partial charge in [-0.1, -0.05) is 17.5 Å². The molecule has 0 bridgehead atoms. The molecule has 20 heavy (non-hydrogen) atoms. The molecule has 0 heterocycles. The Kier molecular flexibility index (Phi) is 4.26. The molecule has 0 radical (unpaired) electrons. The molecule has 0 spiro atoms. The third kappa shape index (κ3) is 3.49. The summed E-state index contributed by atoms with van der Waals surface area (Å²) >= 11 is 5.82. The van der Waals surface area contributed by atoms with Crippen LogP contribution in [0.15, 0.2) is 18.2 Å². The molecule has 0 unspecified atom stereocenters.